The third kappa shape index (κ3) is 2.30. The Balaban J connectivity index is 2.53. The number of hydrogen-bond donors (Lipinski definition) is 0. The van der Waals surface area contributed by atoms with Gasteiger partial charge in [0.2, 0.25) is 0 Å². The van der Waals surface area contributed by atoms with Gasteiger partial charge in [0.1, 0.15) is 0 Å². The fourth-order valence-corrected chi connectivity index (χ4v) is 2.25. The van der Waals surface area contributed by atoms with Gasteiger partial charge in [0.05, 0.1) is 5.69 Å². The van der Waals surface area contributed by atoms with Crippen molar-refractivity contribution in [3.8, 4) is 0 Å². The van der Waals surface area contributed by atoms with E-state index in [4.69, 9.17) is 11.6 Å². The van der Waals surface area contributed by atoms with Crippen LogP contribution < -0.4 is 4.80 Å². The van der Waals surface area contributed by atoms with E-state index < -0.39 is 0 Å². The summed E-state index contributed by atoms with van der Waals surface area (Å²) in [6.45, 7) is 2.01. The van der Waals surface area contributed by atoms with Crippen LogP contribution in [0.3, 0.4) is 0 Å². The number of halogens is 1. The average Bonchev–Trinajstić information content (AvgIpc) is 2.57. The molecule has 0 spiro atoms. The van der Waals surface area contributed by atoms with Gasteiger partial charge in [0.15, 0.2) is 4.80 Å². The molecule has 1 heterocycles. The van der Waals surface area contributed by atoms with Crippen molar-refractivity contribution in [1.29, 1.82) is 0 Å². The van der Waals surface area contributed by atoms with Gasteiger partial charge in [-0.15, -0.1) is 11.3 Å². The zero-order valence-corrected chi connectivity index (χ0v) is 10.1. The molecule has 1 aromatic heterocycles. The minimum absolute atomic E-state index is 0.752. The number of thiazole rings is 1. The summed E-state index contributed by atoms with van der Waals surface area (Å²) in [6, 6.07) is 5.73. The van der Waals surface area contributed by atoms with Crippen molar-refractivity contribution in [2.75, 3.05) is 0 Å². The second-order valence-electron chi connectivity index (χ2n) is 3.34. The van der Waals surface area contributed by atoms with E-state index >= 15 is 0 Å². The molecule has 0 radical (unpaired) electrons. The summed E-state index contributed by atoms with van der Waals surface area (Å²) in [4.78, 5) is 5.55. The predicted molar refractivity (Wildman–Crippen MR) is 64.7 cm³/mol. The molecule has 0 aliphatic rings. The number of benzene rings is 1. The van der Waals surface area contributed by atoms with Crippen LogP contribution in [0, 0.1) is 6.92 Å². The van der Waals surface area contributed by atoms with Crippen LogP contribution in [0.15, 0.2) is 34.8 Å². The van der Waals surface area contributed by atoms with E-state index in [1.807, 2.05) is 48.3 Å². The van der Waals surface area contributed by atoms with E-state index in [-0.39, 0.29) is 0 Å². The third-order valence-corrected chi connectivity index (χ3v) is 3.22. The Bertz CT molecular complexity index is 540. The molecule has 15 heavy (non-hydrogen) atoms. The minimum Gasteiger partial charge on any atom is -0.327 e. The first kappa shape index (κ1) is 10.5. The first-order chi connectivity index (χ1) is 7.16. The molecule has 0 aliphatic heterocycles. The van der Waals surface area contributed by atoms with Crippen LogP contribution in [0.4, 0.5) is 5.69 Å². The lowest BCUT2D eigenvalue weighted by molar-refractivity contribution is 0.873. The van der Waals surface area contributed by atoms with Crippen molar-refractivity contribution >= 4 is 28.6 Å². The van der Waals surface area contributed by atoms with Gasteiger partial charge in [-0.3, -0.25) is 0 Å². The van der Waals surface area contributed by atoms with Gasteiger partial charge in [-0.1, -0.05) is 11.6 Å². The van der Waals surface area contributed by atoms with Crippen LogP contribution in [0.25, 0.3) is 0 Å². The lowest BCUT2D eigenvalue weighted by atomic mass is 10.2. The van der Waals surface area contributed by atoms with Gasteiger partial charge in [0.25, 0.3) is 0 Å². The zero-order valence-electron chi connectivity index (χ0n) is 8.57. The highest BCUT2D eigenvalue weighted by Crippen LogP contribution is 2.21. The zero-order chi connectivity index (χ0) is 10.8. The lowest BCUT2D eigenvalue weighted by Crippen LogP contribution is -2.08. The van der Waals surface area contributed by atoms with Crippen molar-refractivity contribution in [2.45, 2.75) is 6.92 Å². The van der Waals surface area contributed by atoms with Crippen LogP contribution in [0.5, 0.6) is 0 Å². The number of rotatable bonds is 1. The van der Waals surface area contributed by atoms with Gasteiger partial charge < -0.3 is 4.57 Å². The Hall–Kier alpha value is -1.06. The molecule has 78 valence electrons. The van der Waals surface area contributed by atoms with Crippen molar-refractivity contribution in [3.05, 3.63) is 45.2 Å². The topological polar surface area (TPSA) is 17.3 Å². The fraction of sp³-hybridized carbons (Fsp3) is 0.182. The maximum Gasteiger partial charge on any atom is 0.189 e. The molecule has 2 nitrogen and oxygen atoms in total. The monoisotopic (exact) mass is 238 g/mol. The molecule has 2 aromatic rings. The lowest BCUT2D eigenvalue weighted by Gasteiger charge is -1.99. The molecule has 0 atom stereocenters. The van der Waals surface area contributed by atoms with E-state index in [9.17, 15) is 0 Å². The Labute approximate surface area is 97.5 Å². The van der Waals surface area contributed by atoms with Crippen molar-refractivity contribution in [1.82, 2.24) is 4.57 Å². The standard InChI is InChI=1S/C11H11ClN2S/c1-8-7-9(12)3-4-10(8)13-11-14(2)5-6-15-11/h3-7H,1-2H3. The Morgan fingerprint density at radius 1 is 1.40 bits per heavy atom. The van der Waals surface area contributed by atoms with Crippen molar-refractivity contribution in [2.24, 2.45) is 12.0 Å². The summed E-state index contributed by atoms with van der Waals surface area (Å²) in [5.41, 5.74) is 2.06. The highest BCUT2D eigenvalue weighted by molar-refractivity contribution is 7.07. The third-order valence-electron chi connectivity index (χ3n) is 2.13. The summed E-state index contributed by atoms with van der Waals surface area (Å²) in [7, 11) is 1.99. The summed E-state index contributed by atoms with van der Waals surface area (Å²) >= 11 is 7.51. The molecule has 0 saturated heterocycles. The van der Waals surface area contributed by atoms with Crippen molar-refractivity contribution < 1.29 is 0 Å². The molecule has 0 saturated carbocycles. The summed E-state index contributed by atoms with van der Waals surface area (Å²) < 4.78 is 2.00. The van der Waals surface area contributed by atoms with E-state index in [1.165, 1.54) is 0 Å². The molecule has 0 bridgehead atoms. The van der Waals surface area contributed by atoms with E-state index in [1.54, 1.807) is 11.3 Å². The molecular weight excluding hydrogens is 228 g/mol. The fourth-order valence-electron chi connectivity index (χ4n) is 1.28. The Morgan fingerprint density at radius 2 is 2.20 bits per heavy atom. The van der Waals surface area contributed by atoms with Gasteiger partial charge in [-0.05, 0) is 30.7 Å². The SMILES string of the molecule is Cc1cc(Cl)ccc1N=c1sccn1C. The summed E-state index contributed by atoms with van der Waals surface area (Å²) in [5.74, 6) is 0. The van der Waals surface area contributed by atoms with Gasteiger partial charge in [0, 0.05) is 23.6 Å². The second-order valence-corrected chi connectivity index (χ2v) is 4.65. The Kier molecular flexibility index (Phi) is 2.93. The van der Waals surface area contributed by atoms with Crippen LogP contribution in [0.1, 0.15) is 5.56 Å². The average molecular weight is 239 g/mol. The quantitative estimate of drug-likeness (QED) is 0.726. The van der Waals surface area contributed by atoms with Gasteiger partial charge >= 0.3 is 0 Å². The predicted octanol–water partition coefficient (Wildman–Crippen LogP) is 3.28. The van der Waals surface area contributed by atoms with E-state index in [2.05, 4.69) is 4.99 Å². The molecule has 1 aromatic carbocycles. The van der Waals surface area contributed by atoms with Crippen LogP contribution in [0.2, 0.25) is 5.02 Å². The summed E-state index contributed by atoms with van der Waals surface area (Å²) in [6.07, 6.45) is 1.99. The molecule has 2 rings (SSSR count). The minimum atomic E-state index is 0.752. The number of aryl methyl sites for hydroxylation is 2. The molecule has 4 heteroatoms. The second kappa shape index (κ2) is 4.21. The van der Waals surface area contributed by atoms with Gasteiger partial charge in [-0.2, -0.15) is 0 Å². The molecule has 0 amide bonds. The number of aromatic nitrogens is 1. The van der Waals surface area contributed by atoms with Crippen LogP contribution in [-0.2, 0) is 7.05 Å². The molecule has 0 N–H and O–H groups in total. The maximum absolute atomic E-state index is 5.89. The Morgan fingerprint density at radius 3 is 2.80 bits per heavy atom. The van der Waals surface area contributed by atoms with Crippen LogP contribution >= 0.6 is 22.9 Å². The first-order valence-corrected chi connectivity index (χ1v) is 5.83. The first-order valence-electron chi connectivity index (χ1n) is 4.58. The van der Waals surface area contributed by atoms with E-state index in [0.29, 0.717) is 0 Å². The molecule has 0 aliphatic carbocycles. The molecular formula is C11H11ClN2S. The number of hydrogen-bond acceptors (Lipinski definition) is 2. The van der Waals surface area contributed by atoms with Gasteiger partial charge in [-0.25, -0.2) is 4.99 Å². The molecule has 0 unspecified atom stereocenters. The largest absolute Gasteiger partial charge is 0.327 e. The highest BCUT2D eigenvalue weighted by Gasteiger charge is 1.97. The van der Waals surface area contributed by atoms with Crippen LogP contribution in [-0.4, -0.2) is 4.57 Å². The maximum atomic E-state index is 5.89. The van der Waals surface area contributed by atoms with E-state index in [0.717, 1.165) is 21.1 Å². The normalized spacial score (nSPS) is 12.1. The smallest absolute Gasteiger partial charge is 0.189 e. The van der Waals surface area contributed by atoms with Crippen molar-refractivity contribution in [3.63, 3.8) is 0 Å². The molecule has 0 fully saturated rings. The summed E-state index contributed by atoms with van der Waals surface area (Å²) in [5, 5.41) is 2.77. The highest BCUT2D eigenvalue weighted by atomic mass is 35.5. The number of nitrogens with zero attached hydrogens (tertiary/aromatic N) is 2.